The van der Waals surface area contributed by atoms with Crippen LogP contribution in [0.5, 0.6) is 5.75 Å². The average molecular weight is 398 g/mol. The van der Waals surface area contributed by atoms with E-state index < -0.39 is 0 Å². The first kappa shape index (κ1) is 18.3. The van der Waals surface area contributed by atoms with Crippen molar-refractivity contribution in [3.63, 3.8) is 0 Å². The molecule has 1 rings (SSSR count). The minimum Gasteiger partial charge on any atom is -0.494 e. The number of halogens is 2. The maximum absolute atomic E-state index is 5.98. The molecule has 0 unspecified atom stereocenters. The molecular weight excluding hydrogens is 377 g/mol. The van der Waals surface area contributed by atoms with Crippen molar-refractivity contribution in [2.45, 2.75) is 13.3 Å². The van der Waals surface area contributed by atoms with Gasteiger partial charge in [-0.2, -0.15) is 0 Å². The van der Waals surface area contributed by atoms with Crippen LogP contribution >= 0.6 is 35.6 Å². The summed E-state index contributed by atoms with van der Waals surface area (Å²) in [6.45, 7) is 3.21. The minimum absolute atomic E-state index is 0. The van der Waals surface area contributed by atoms with Crippen molar-refractivity contribution < 1.29 is 4.74 Å². The van der Waals surface area contributed by atoms with E-state index in [1.54, 1.807) is 4.90 Å². The molecule has 19 heavy (non-hydrogen) atoms. The van der Waals surface area contributed by atoms with Crippen LogP contribution in [0.15, 0.2) is 23.2 Å². The van der Waals surface area contributed by atoms with E-state index in [1.165, 1.54) is 0 Å². The molecule has 1 aromatic rings. The van der Waals surface area contributed by atoms with E-state index in [0.717, 1.165) is 17.7 Å². The molecule has 0 saturated heterocycles. The Balaban J connectivity index is 0.00000324. The number of guanidine groups is 1. The molecule has 0 spiro atoms. The molecule has 0 aliphatic rings. The van der Waals surface area contributed by atoms with Crippen molar-refractivity contribution in [3.05, 3.63) is 28.8 Å². The second-order valence-electron chi connectivity index (χ2n) is 4.07. The smallest absolute Gasteiger partial charge is 0.190 e. The Kier molecular flexibility index (Phi) is 8.92. The number of nitrogens with zero attached hydrogens (tertiary/aromatic N) is 2. The van der Waals surface area contributed by atoms with Crippen molar-refractivity contribution in [2.75, 3.05) is 27.2 Å². The molecule has 0 heterocycles. The number of nitrogens with two attached hydrogens (primary N) is 1. The van der Waals surface area contributed by atoms with E-state index in [9.17, 15) is 0 Å². The maximum atomic E-state index is 5.98. The molecule has 0 fully saturated rings. The molecule has 1 aromatic carbocycles. The molecular formula is C13H21ClIN3O. The molecule has 0 saturated carbocycles. The highest BCUT2D eigenvalue weighted by molar-refractivity contribution is 14.0. The minimum atomic E-state index is 0. The third-order valence-electron chi connectivity index (χ3n) is 2.44. The van der Waals surface area contributed by atoms with Crippen LogP contribution in [0.2, 0.25) is 5.02 Å². The molecule has 0 bridgehead atoms. The van der Waals surface area contributed by atoms with E-state index in [2.05, 4.69) is 4.99 Å². The number of rotatable bonds is 5. The molecule has 0 aliphatic carbocycles. The molecule has 0 atom stereocenters. The van der Waals surface area contributed by atoms with Gasteiger partial charge in [0.1, 0.15) is 5.75 Å². The highest BCUT2D eigenvalue weighted by Crippen LogP contribution is 2.23. The highest BCUT2D eigenvalue weighted by Gasteiger charge is 2.04. The quantitative estimate of drug-likeness (QED) is 0.472. The van der Waals surface area contributed by atoms with Crippen molar-refractivity contribution in [3.8, 4) is 5.75 Å². The van der Waals surface area contributed by atoms with E-state index >= 15 is 0 Å². The van der Waals surface area contributed by atoms with Crippen LogP contribution in [-0.2, 0) is 6.42 Å². The first-order chi connectivity index (χ1) is 8.54. The summed E-state index contributed by atoms with van der Waals surface area (Å²) < 4.78 is 5.55. The van der Waals surface area contributed by atoms with Gasteiger partial charge >= 0.3 is 0 Å². The standard InChI is InChI=1S/C13H20ClN3O.HI/c1-4-18-12-6-5-11(14)9-10(12)7-8-16-13(15)17(2)3;/h5-6,9H,4,7-8H2,1-3H3,(H2,15,16);1H. The van der Waals surface area contributed by atoms with Crippen molar-refractivity contribution in [2.24, 2.45) is 10.7 Å². The Labute approximate surface area is 137 Å². The second-order valence-corrected chi connectivity index (χ2v) is 4.51. The van der Waals surface area contributed by atoms with Gasteiger partial charge < -0.3 is 15.4 Å². The van der Waals surface area contributed by atoms with Crippen LogP contribution in [0, 0.1) is 0 Å². The number of hydrogen-bond donors (Lipinski definition) is 1. The zero-order chi connectivity index (χ0) is 13.5. The van der Waals surface area contributed by atoms with Gasteiger partial charge in [-0.05, 0) is 37.1 Å². The Morgan fingerprint density at radius 2 is 2.11 bits per heavy atom. The number of benzene rings is 1. The van der Waals surface area contributed by atoms with Gasteiger partial charge in [-0.25, -0.2) is 0 Å². The average Bonchev–Trinajstić information content (AvgIpc) is 2.32. The van der Waals surface area contributed by atoms with Crippen LogP contribution < -0.4 is 10.5 Å². The van der Waals surface area contributed by atoms with Crippen molar-refractivity contribution in [1.29, 1.82) is 0 Å². The number of hydrogen-bond acceptors (Lipinski definition) is 2. The summed E-state index contributed by atoms with van der Waals surface area (Å²) in [7, 11) is 3.73. The zero-order valence-electron chi connectivity index (χ0n) is 11.5. The molecule has 0 amide bonds. The third kappa shape index (κ3) is 6.33. The van der Waals surface area contributed by atoms with Gasteiger partial charge in [0, 0.05) is 25.7 Å². The second kappa shape index (κ2) is 9.25. The molecule has 6 heteroatoms. The van der Waals surface area contributed by atoms with Crippen LogP contribution in [-0.4, -0.2) is 38.1 Å². The topological polar surface area (TPSA) is 50.9 Å². The van der Waals surface area contributed by atoms with Crippen LogP contribution in [0.4, 0.5) is 0 Å². The lowest BCUT2D eigenvalue weighted by atomic mass is 10.1. The SMILES string of the molecule is CCOc1ccc(Cl)cc1CCN=C(N)N(C)C.I. The van der Waals surface area contributed by atoms with Crippen LogP contribution in [0.3, 0.4) is 0 Å². The Morgan fingerprint density at radius 3 is 2.68 bits per heavy atom. The van der Waals surface area contributed by atoms with E-state index in [0.29, 0.717) is 24.1 Å². The monoisotopic (exact) mass is 397 g/mol. The van der Waals surface area contributed by atoms with Crippen molar-refractivity contribution >= 4 is 41.5 Å². The predicted molar refractivity (Wildman–Crippen MR) is 91.9 cm³/mol. The largest absolute Gasteiger partial charge is 0.494 e. The number of ether oxygens (including phenoxy) is 1. The van der Waals surface area contributed by atoms with E-state index in [-0.39, 0.29) is 24.0 Å². The summed E-state index contributed by atoms with van der Waals surface area (Å²) >= 11 is 5.98. The van der Waals surface area contributed by atoms with Crippen molar-refractivity contribution in [1.82, 2.24) is 4.90 Å². The summed E-state index contributed by atoms with van der Waals surface area (Å²) in [6, 6.07) is 5.63. The van der Waals surface area contributed by atoms with Gasteiger partial charge in [-0.1, -0.05) is 11.6 Å². The first-order valence-electron chi connectivity index (χ1n) is 5.93. The predicted octanol–water partition coefficient (Wildman–Crippen LogP) is 2.78. The Bertz CT molecular complexity index is 424. The molecule has 0 aromatic heterocycles. The highest BCUT2D eigenvalue weighted by atomic mass is 127. The van der Waals surface area contributed by atoms with Gasteiger partial charge in [-0.15, -0.1) is 24.0 Å². The summed E-state index contributed by atoms with van der Waals surface area (Å²) in [6.07, 6.45) is 0.754. The molecule has 108 valence electrons. The summed E-state index contributed by atoms with van der Waals surface area (Å²) in [4.78, 5) is 6.05. The first-order valence-corrected chi connectivity index (χ1v) is 6.30. The van der Waals surface area contributed by atoms with Gasteiger partial charge in [0.25, 0.3) is 0 Å². The van der Waals surface area contributed by atoms with E-state index in [1.807, 2.05) is 39.2 Å². The van der Waals surface area contributed by atoms with E-state index in [4.69, 9.17) is 22.1 Å². The lowest BCUT2D eigenvalue weighted by Gasteiger charge is -2.12. The van der Waals surface area contributed by atoms with Crippen LogP contribution in [0.1, 0.15) is 12.5 Å². The molecule has 2 N–H and O–H groups in total. The van der Waals surface area contributed by atoms with Crippen LogP contribution in [0.25, 0.3) is 0 Å². The lowest BCUT2D eigenvalue weighted by molar-refractivity contribution is 0.336. The third-order valence-corrected chi connectivity index (χ3v) is 2.67. The Morgan fingerprint density at radius 1 is 1.42 bits per heavy atom. The molecule has 0 aliphatic heterocycles. The van der Waals surface area contributed by atoms with Gasteiger partial charge in [0.05, 0.1) is 6.61 Å². The molecule has 0 radical (unpaired) electrons. The van der Waals surface area contributed by atoms with Gasteiger partial charge in [0.2, 0.25) is 0 Å². The zero-order valence-corrected chi connectivity index (χ0v) is 14.6. The number of aliphatic imine (C=N–C) groups is 1. The Hall–Kier alpha value is -0.690. The summed E-state index contributed by atoms with van der Waals surface area (Å²) in [5.41, 5.74) is 6.78. The fourth-order valence-electron chi connectivity index (χ4n) is 1.47. The van der Waals surface area contributed by atoms with Gasteiger partial charge in [-0.3, -0.25) is 4.99 Å². The van der Waals surface area contributed by atoms with Gasteiger partial charge in [0.15, 0.2) is 5.96 Å². The summed E-state index contributed by atoms with van der Waals surface area (Å²) in [5.74, 6) is 1.38. The lowest BCUT2D eigenvalue weighted by Crippen LogP contribution is -2.30. The molecule has 4 nitrogen and oxygen atoms in total. The summed E-state index contributed by atoms with van der Waals surface area (Å²) in [5, 5.41) is 0.706. The fraction of sp³-hybridized carbons (Fsp3) is 0.462. The maximum Gasteiger partial charge on any atom is 0.190 e. The fourth-order valence-corrected chi connectivity index (χ4v) is 1.67. The normalized spacial score (nSPS) is 10.8.